The van der Waals surface area contributed by atoms with E-state index in [0.717, 1.165) is 18.4 Å². The number of hydrogen-bond donors (Lipinski definition) is 2. The fourth-order valence-electron chi connectivity index (χ4n) is 4.74. The molecule has 2 aromatic heterocycles. The first-order valence-electron chi connectivity index (χ1n) is 13.4. The van der Waals surface area contributed by atoms with Gasteiger partial charge in [0.1, 0.15) is 17.3 Å². The van der Waals surface area contributed by atoms with Gasteiger partial charge in [-0.15, -0.1) is 0 Å². The van der Waals surface area contributed by atoms with Crippen LogP contribution >= 0.6 is 0 Å². The third-order valence-electron chi connectivity index (χ3n) is 6.95. The Bertz CT molecular complexity index is 1570. The summed E-state index contributed by atoms with van der Waals surface area (Å²) in [5.74, 6) is 0.677. The first kappa shape index (κ1) is 28.5. The summed E-state index contributed by atoms with van der Waals surface area (Å²) in [5.41, 5.74) is 2.72. The Kier molecular flexibility index (Phi) is 8.77. The van der Waals surface area contributed by atoms with Crippen LogP contribution in [0.2, 0.25) is 0 Å². The lowest BCUT2D eigenvalue weighted by atomic mass is 10.0. The van der Waals surface area contributed by atoms with E-state index < -0.39 is 17.2 Å². The zero-order valence-electron chi connectivity index (χ0n) is 22.5. The van der Waals surface area contributed by atoms with Crippen LogP contribution in [-0.4, -0.2) is 48.6 Å². The van der Waals surface area contributed by atoms with Crippen LogP contribution in [0.1, 0.15) is 59.6 Å². The molecule has 5 rings (SSSR count). The number of carbonyl (C=O) groups is 2. The first-order valence-corrected chi connectivity index (χ1v) is 14.4. The second kappa shape index (κ2) is 12.6. The summed E-state index contributed by atoms with van der Waals surface area (Å²) >= 11 is -2.52. The number of para-hydroxylation sites is 1. The summed E-state index contributed by atoms with van der Waals surface area (Å²) in [7, 11) is 1.55. The van der Waals surface area contributed by atoms with Crippen molar-refractivity contribution in [3.8, 4) is 22.8 Å². The van der Waals surface area contributed by atoms with Crippen LogP contribution in [-0.2, 0) is 22.6 Å². The molecule has 1 amide bonds. The number of aliphatic carboxylic acids is 1. The second-order valence-electron chi connectivity index (χ2n) is 9.91. The Morgan fingerprint density at radius 2 is 1.83 bits per heavy atom. The minimum absolute atomic E-state index is 0.0202. The molecular formula is C30H30N3O7S-. The smallest absolute Gasteiger partial charge is 0.303 e. The van der Waals surface area contributed by atoms with Gasteiger partial charge in [-0.05, 0) is 79.6 Å². The molecule has 11 heteroatoms. The van der Waals surface area contributed by atoms with Crippen molar-refractivity contribution in [2.75, 3.05) is 13.6 Å². The van der Waals surface area contributed by atoms with Crippen molar-refractivity contribution < 1.29 is 32.6 Å². The number of nitrogens with one attached hydrogen (secondary N) is 1. The van der Waals surface area contributed by atoms with Crippen molar-refractivity contribution in [1.29, 1.82) is 0 Å². The molecule has 2 aromatic carbocycles. The van der Waals surface area contributed by atoms with Crippen molar-refractivity contribution in [2.45, 2.75) is 44.6 Å². The van der Waals surface area contributed by atoms with E-state index in [2.05, 4.69) is 5.32 Å². The molecule has 214 valence electrons. The Balaban J connectivity index is 1.48. The van der Waals surface area contributed by atoms with Gasteiger partial charge in [0.15, 0.2) is 0 Å². The number of benzene rings is 2. The molecule has 0 bridgehead atoms. The summed E-state index contributed by atoms with van der Waals surface area (Å²) in [4.78, 5) is 28.6. The van der Waals surface area contributed by atoms with E-state index in [1.54, 1.807) is 19.2 Å². The standard InChI is InChI=1S/C30H31N3O7S/c1-31-29(36)27-24-17-23(19-10-11-19)25(18-33(41(37)38)16-6-5-9-26(34)35)32-30(24)40-28(27)20-12-14-22(15-13-20)39-21-7-3-2-4-8-21/h2-4,7-8,12-15,17,19H,5-6,9-11,16,18H2,1H3,(H,31,36)(H,34,35)(H,37,38)/p-1. The van der Waals surface area contributed by atoms with E-state index in [-0.39, 0.29) is 37.0 Å². The number of rotatable bonds is 13. The highest BCUT2D eigenvalue weighted by molar-refractivity contribution is 7.76. The van der Waals surface area contributed by atoms with Crippen molar-refractivity contribution >= 4 is 34.2 Å². The van der Waals surface area contributed by atoms with Crippen molar-refractivity contribution in [3.63, 3.8) is 0 Å². The molecule has 1 atom stereocenters. The number of ether oxygens (including phenoxy) is 1. The number of aromatic nitrogens is 1. The maximum Gasteiger partial charge on any atom is 0.303 e. The van der Waals surface area contributed by atoms with E-state index in [9.17, 15) is 18.4 Å². The zero-order valence-corrected chi connectivity index (χ0v) is 23.3. The Hall–Kier alpha value is -4.06. The topological polar surface area (TPSA) is 145 Å². The molecule has 1 fully saturated rings. The number of furan rings is 1. The van der Waals surface area contributed by atoms with Gasteiger partial charge in [0.05, 0.1) is 23.2 Å². The van der Waals surface area contributed by atoms with Gasteiger partial charge in [0.25, 0.3) is 5.91 Å². The highest BCUT2D eigenvalue weighted by Crippen LogP contribution is 2.44. The van der Waals surface area contributed by atoms with Crippen LogP contribution < -0.4 is 10.1 Å². The van der Waals surface area contributed by atoms with Gasteiger partial charge < -0.3 is 24.1 Å². The van der Waals surface area contributed by atoms with E-state index in [0.29, 0.717) is 52.3 Å². The minimum atomic E-state index is -2.52. The molecular weight excluding hydrogens is 546 g/mol. The fraction of sp³-hybridized carbons (Fsp3) is 0.300. The third kappa shape index (κ3) is 6.82. The Morgan fingerprint density at radius 1 is 1.12 bits per heavy atom. The molecule has 0 radical (unpaired) electrons. The van der Waals surface area contributed by atoms with E-state index in [1.807, 2.05) is 48.5 Å². The Morgan fingerprint density at radius 3 is 2.46 bits per heavy atom. The molecule has 4 aromatic rings. The summed E-state index contributed by atoms with van der Waals surface area (Å²) in [6, 6.07) is 18.5. The van der Waals surface area contributed by atoms with Gasteiger partial charge >= 0.3 is 5.97 Å². The number of amides is 1. The zero-order chi connectivity index (χ0) is 28.9. The van der Waals surface area contributed by atoms with Gasteiger partial charge in [-0.2, -0.15) is 0 Å². The molecule has 41 heavy (non-hydrogen) atoms. The highest BCUT2D eigenvalue weighted by atomic mass is 32.2. The Labute approximate surface area is 239 Å². The molecule has 0 saturated heterocycles. The number of carboxylic acid groups (broad SMARTS) is 1. The molecule has 2 N–H and O–H groups in total. The lowest BCUT2D eigenvalue weighted by Crippen LogP contribution is -2.27. The maximum absolute atomic E-state index is 13.1. The summed E-state index contributed by atoms with van der Waals surface area (Å²) in [5, 5.41) is 12.1. The van der Waals surface area contributed by atoms with Gasteiger partial charge in [-0.3, -0.25) is 13.8 Å². The molecule has 1 unspecified atom stereocenters. The summed E-state index contributed by atoms with van der Waals surface area (Å²) in [6.07, 6.45) is 2.66. The number of carboxylic acids is 1. The van der Waals surface area contributed by atoms with Gasteiger partial charge in [-0.25, -0.2) is 9.29 Å². The van der Waals surface area contributed by atoms with E-state index in [1.165, 1.54) is 4.31 Å². The minimum Gasteiger partial charge on any atom is -0.760 e. The van der Waals surface area contributed by atoms with Crippen molar-refractivity contribution in [2.24, 2.45) is 0 Å². The maximum atomic E-state index is 13.1. The number of carbonyl (C=O) groups excluding carboxylic acids is 1. The lowest BCUT2D eigenvalue weighted by molar-refractivity contribution is -0.137. The van der Waals surface area contributed by atoms with Crippen molar-refractivity contribution in [1.82, 2.24) is 14.6 Å². The number of fused-ring (bicyclic) bond motifs is 1. The van der Waals surface area contributed by atoms with Gasteiger partial charge in [0.2, 0.25) is 5.71 Å². The second-order valence-corrected chi connectivity index (χ2v) is 10.9. The quantitative estimate of drug-likeness (QED) is 0.160. The molecule has 1 saturated carbocycles. The molecule has 1 aliphatic rings. The van der Waals surface area contributed by atoms with Crippen LogP contribution in [0.25, 0.3) is 22.4 Å². The fourth-order valence-corrected chi connectivity index (χ4v) is 5.25. The number of hydrogen-bond acceptors (Lipinski definition) is 7. The average molecular weight is 577 g/mol. The predicted molar refractivity (Wildman–Crippen MR) is 152 cm³/mol. The van der Waals surface area contributed by atoms with Crippen LogP contribution in [0.3, 0.4) is 0 Å². The van der Waals surface area contributed by atoms with Gasteiger partial charge in [0, 0.05) is 36.8 Å². The highest BCUT2D eigenvalue weighted by Gasteiger charge is 2.31. The third-order valence-corrected chi connectivity index (χ3v) is 7.68. The number of nitrogens with zero attached hydrogens (tertiary/aromatic N) is 2. The van der Waals surface area contributed by atoms with Crippen LogP contribution in [0.5, 0.6) is 11.5 Å². The van der Waals surface area contributed by atoms with Crippen LogP contribution in [0.15, 0.2) is 65.1 Å². The molecule has 10 nitrogen and oxygen atoms in total. The van der Waals surface area contributed by atoms with Crippen molar-refractivity contribution in [3.05, 3.63) is 77.5 Å². The lowest BCUT2D eigenvalue weighted by Gasteiger charge is -2.24. The predicted octanol–water partition coefficient (Wildman–Crippen LogP) is 5.38. The number of pyridine rings is 1. The summed E-state index contributed by atoms with van der Waals surface area (Å²) < 4.78 is 37.3. The first-order chi connectivity index (χ1) is 19.8. The SMILES string of the molecule is CNC(=O)c1c(-c2ccc(Oc3ccccc3)cc2)oc2nc(CN(CCCCC(=O)O)S(=O)[O-])c(C3CC3)cc12. The van der Waals surface area contributed by atoms with Gasteiger partial charge in [-0.1, -0.05) is 18.2 Å². The molecule has 2 heterocycles. The van der Waals surface area contributed by atoms with E-state index >= 15 is 0 Å². The molecule has 1 aliphatic carbocycles. The monoisotopic (exact) mass is 576 g/mol. The molecule has 0 spiro atoms. The average Bonchev–Trinajstić information content (AvgIpc) is 3.75. The van der Waals surface area contributed by atoms with Crippen LogP contribution in [0, 0.1) is 0 Å². The molecule has 0 aliphatic heterocycles. The largest absolute Gasteiger partial charge is 0.760 e. The van der Waals surface area contributed by atoms with E-state index in [4.69, 9.17) is 19.2 Å². The normalized spacial score (nSPS) is 13.8. The summed E-state index contributed by atoms with van der Waals surface area (Å²) in [6.45, 7) is 0.208. The number of unbranched alkanes of at least 4 members (excludes halogenated alkanes) is 1. The van der Waals surface area contributed by atoms with Crippen LogP contribution in [0.4, 0.5) is 0 Å².